The molecular formula is C13H22N2OS. The summed E-state index contributed by atoms with van der Waals surface area (Å²) in [4.78, 5) is 16.4. The molecule has 1 heterocycles. The van der Waals surface area contributed by atoms with Crippen LogP contribution in [0.4, 0.5) is 0 Å². The maximum absolute atomic E-state index is 11.7. The van der Waals surface area contributed by atoms with E-state index in [0.717, 1.165) is 5.17 Å². The Morgan fingerprint density at radius 1 is 1.24 bits per heavy atom. The third-order valence-electron chi connectivity index (χ3n) is 3.46. The molecule has 2 fully saturated rings. The molecule has 1 saturated heterocycles. The van der Waals surface area contributed by atoms with Crippen molar-refractivity contribution in [1.82, 2.24) is 5.32 Å². The highest BCUT2D eigenvalue weighted by atomic mass is 32.2. The lowest BCUT2D eigenvalue weighted by molar-refractivity contribution is -0.119. The van der Waals surface area contributed by atoms with Crippen molar-refractivity contribution in [2.75, 3.05) is 0 Å². The molecule has 0 aromatic heterocycles. The second-order valence-corrected chi connectivity index (χ2v) is 6.48. The Bertz CT molecular complexity index is 307. The lowest BCUT2D eigenvalue weighted by Crippen LogP contribution is -2.28. The van der Waals surface area contributed by atoms with E-state index < -0.39 is 0 Å². The SMILES string of the molecule is CC(C)C1SC(=NC2CCCCCC2)NC1=O. The minimum atomic E-state index is 0.0551. The van der Waals surface area contributed by atoms with Crippen LogP contribution in [0.2, 0.25) is 0 Å². The van der Waals surface area contributed by atoms with E-state index in [1.54, 1.807) is 11.8 Å². The van der Waals surface area contributed by atoms with Crippen molar-refractivity contribution in [2.24, 2.45) is 10.9 Å². The molecule has 96 valence electrons. The van der Waals surface area contributed by atoms with Gasteiger partial charge in [0.1, 0.15) is 0 Å². The van der Waals surface area contributed by atoms with E-state index in [2.05, 4.69) is 19.2 Å². The molecule has 0 bridgehead atoms. The second-order valence-electron chi connectivity index (χ2n) is 5.35. The van der Waals surface area contributed by atoms with Crippen LogP contribution < -0.4 is 5.32 Å². The normalized spacial score (nSPS) is 29.7. The van der Waals surface area contributed by atoms with Crippen molar-refractivity contribution in [3.8, 4) is 0 Å². The zero-order chi connectivity index (χ0) is 12.3. The van der Waals surface area contributed by atoms with Crippen LogP contribution in [0.3, 0.4) is 0 Å². The van der Waals surface area contributed by atoms with Gasteiger partial charge in [-0.1, -0.05) is 51.3 Å². The highest BCUT2D eigenvalue weighted by Crippen LogP contribution is 2.28. The first-order chi connectivity index (χ1) is 8.16. The van der Waals surface area contributed by atoms with Gasteiger partial charge in [-0.25, -0.2) is 0 Å². The molecule has 1 N–H and O–H groups in total. The first-order valence-corrected chi connectivity index (χ1v) is 7.60. The largest absolute Gasteiger partial charge is 0.304 e. The Morgan fingerprint density at radius 2 is 1.88 bits per heavy atom. The number of hydrogen-bond donors (Lipinski definition) is 1. The predicted molar refractivity (Wildman–Crippen MR) is 73.3 cm³/mol. The summed E-state index contributed by atoms with van der Waals surface area (Å²) in [6.45, 7) is 4.18. The standard InChI is InChI=1S/C13H22N2OS/c1-9(2)11-12(16)15-13(17-11)14-10-7-5-3-4-6-8-10/h9-11H,3-8H2,1-2H3,(H,14,15,16). The van der Waals surface area contributed by atoms with Gasteiger partial charge in [0, 0.05) is 0 Å². The summed E-state index contributed by atoms with van der Waals surface area (Å²) < 4.78 is 0. The number of amidine groups is 1. The van der Waals surface area contributed by atoms with Crippen molar-refractivity contribution in [3.05, 3.63) is 0 Å². The fourth-order valence-electron chi connectivity index (χ4n) is 2.43. The van der Waals surface area contributed by atoms with Crippen LogP contribution in [0.25, 0.3) is 0 Å². The van der Waals surface area contributed by atoms with Crippen molar-refractivity contribution in [2.45, 2.75) is 63.7 Å². The number of carbonyl (C=O) groups excluding carboxylic acids is 1. The Hall–Kier alpha value is -0.510. The van der Waals surface area contributed by atoms with Crippen LogP contribution >= 0.6 is 11.8 Å². The molecule has 2 rings (SSSR count). The van der Waals surface area contributed by atoms with E-state index in [1.807, 2.05) is 0 Å². The van der Waals surface area contributed by atoms with Gasteiger partial charge >= 0.3 is 0 Å². The quantitative estimate of drug-likeness (QED) is 0.770. The molecule has 1 aliphatic carbocycles. The first kappa shape index (κ1) is 12.9. The summed E-state index contributed by atoms with van der Waals surface area (Å²) in [7, 11) is 0. The number of rotatable bonds is 2. The van der Waals surface area contributed by atoms with E-state index in [4.69, 9.17) is 4.99 Å². The van der Waals surface area contributed by atoms with Gasteiger partial charge in [-0.15, -0.1) is 0 Å². The zero-order valence-electron chi connectivity index (χ0n) is 10.7. The molecule has 1 atom stereocenters. The molecule has 0 spiro atoms. The number of aliphatic imine (C=N–C) groups is 1. The van der Waals surface area contributed by atoms with E-state index in [9.17, 15) is 4.79 Å². The van der Waals surface area contributed by atoms with Crippen LogP contribution in [0, 0.1) is 5.92 Å². The van der Waals surface area contributed by atoms with Gasteiger partial charge in [0.05, 0.1) is 11.3 Å². The summed E-state index contributed by atoms with van der Waals surface area (Å²) in [6, 6.07) is 0.436. The Morgan fingerprint density at radius 3 is 2.41 bits per heavy atom. The van der Waals surface area contributed by atoms with Crippen molar-refractivity contribution in [1.29, 1.82) is 0 Å². The smallest absolute Gasteiger partial charge is 0.239 e. The highest BCUT2D eigenvalue weighted by Gasteiger charge is 2.32. The van der Waals surface area contributed by atoms with Crippen LogP contribution in [-0.4, -0.2) is 22.4 Å². The summed E-state index contributed by atoms with van der Waals surface area (Å²) in [5.74, 6) is 0.513. The molecule has 3 nitrogen and oxygen atoms in total. The summed E-state index contributed by atoms with van der Waals surface area (Å²) in [5.41, 5.74) is 0. The Kier molecular flexibility index (Phi) is 4.48. The van der Waals surface area contributed by atoms with Gasteiger partial charge in [0.15, 0.2) is 5.17 Å². The number of nitrogens with one attached hydrogen (secondary N) is 1. The topological polar surface area (TPSA) is 41.5 Å². The molecule has 1 saturated carbocycles. The lowest BCUT2D eigenvalue weighted by atomic mass is 10.1. The molecule has 2 aliphatic rings. The summed E-state index contributed by atoms with van der Waals surface area (Å²) in [6.07, 6.45) is 7.63. The van der Waals surface area contributed by atoms with Gasteiger partial charge in [0.25, 0.3) is 0 Å². The third kappa shape index (κ3) is 3.47. The number of carbonyl (C=O) groups is 1. The highest BCUT2D eigenvalue weighted by molar-refractivity contribution is 8.15. The predicted octanol–water partition coefficient (Wildman–Crippen LogP) is 2.95. The minimum absolute atomic E-state index is 0.0551. The number of thioether (sulfide) groups is 1. The van der Waals surface area contributed by atoms with Crippen LogP contribution in [-0.2, 0) is 4.79 Å². The monoisotopic (exact) mass is 254 g/mol. The van der Waals surface area contributed by atoms with E-state index in [1.165, 1.54) is 38.5 Å². The van der Waals surface area contributed by atoms with Gasteiger partial charge in [-0.2, -0.15) is 0 Å². The van der Waals surface area contributed by atoms with E-state index in [0.29, 0.717) is 12.0 Å². The molecule has 1 aliphatic heterocycles. The van der Waals surface area contributed by atoms with Crippen LogP contribution in [0.1, 0.15) is 52.4 Å². The lowest BCUT2D eigenvalue weighted by Gasteiger charge is -2.09. The average molecular weight is 254 g/mol. The van der Waals surface area contributed by atoms with Gasteiger partial charge in [-0.05, 0) is 18.8 Å². The van der Waals surface area contributed by atoms with E-state index in [-0.39, 0.29) is 11.2 Å². The van der Waals surface area contributed by atoms with Gasteiger partial charge in [0.2, 0.25) is 5.91 Å². The van der Waals surface area contributed by atoms with Crippen molar-refractivity contribution in [3.63, 3.8) is 0 Å². The zero-order valence-corrected chi connectivity index (χ0v) is 11.6. The minimum Gasteiger partial charge on any atom is -0.304 e. The first-order valence-electron chi connectivity index (χ1n) is 6.72. The summed E-state index contributed by atoms with van der Waals surface area (Å²) >= 11 is 1.62. The van der Waals surface area contributed by atoms with Crippen molar-refractivity contribution < 1.29 is 4.79 Å². The molecule has 0 aromatic carbocycles. The van der Waals surface area contributed by atoms with Gasteiger partial charge < -0.3 is 5.32 Å². The fourth-order valence-corrected chi connectivity index (χ4v) is 3.48. The number of hydrogen-bond acceptors (Lipinski definition) is 3. The maximum atomic E-state index is 11.7. The molecule has 0 radical (unpaired) electrons. The molecule has 17 heavy (non-hydrogen) atoms. The number of nitrogens with zero attached hydrogens (tertiary/aromatic N) is 1. The molecular weight excluding hydrogens is 232 g/mol. The Labute approximate surface area is 108 Å². The fraction of sp³-hybridized carbons (Fsp3) is 0.846. The molecule has 1 unspecified atom stereocenters. The van der Waals surface area contributed by atoms with E-state index >= 15 is 0 Å². The molecule has 1 amide bonds. The molecule has 4 heteroatoms. The van der Waals surface area contributed by atoms with Crippen LogP contribution in [0.5, 0.6) is 0 Å². The molecule has 0 aromatic rings. The van der Waals surface area contributed by atoms with Gasteiger partial charge in [-0.3, -0.25) is 9.79 Å². The average Bonchev–Trinajstić information content (AvgIpc) is 2.50. The third-order valence-corrected chi connectivity index (χ3v) is 4.90. The van der Waals surface area contributed by atoms with Crippen LogP contribution in [0.15, 0.2) is 4.99 Å². The number of amides is 1. The maximum Gasteiger partial charge on any atom is 0.239 e. The second kappa shape index (κ2) is 5.89. The van der Waals surface area contributed by atoms with Crippen molar-refractivity contribution >= 4 is 22.8 Å². The summed E-state index contributed by atoms with van der Waals surface area (Å²) in [5, 5.41) is 3.84. The Balaban J connectivity index is 1.96.